The van der Waals surface area contributed by atoms with Gasteiger partial charge >= 0.3 is 0 Å². The fraction of sp³-hybridized carbons (Fsp3) is 0.300. The van der Waals surface area contributed by atoms with Gasteiger partial charge in [-0.05, 0) is 31.5 Å². The van der Waals surface area contributed by atoms with Crippen LogP contribution in [0.1, 0.15) is 22.8 Å². The van der Waals surface area contributed by atoms with Crippen LogP contribution in [0.5, 0.6) is 5.75 Å². The Morgan fingerprint density at radius 3 is 2.77 bits per heavy atom. The SMILES string of the molecule is CCNC(=O)c1ccc(C)c(O)c1. The van der Waals surface area contributed by atoms with E-state index in [9.17, 15) is 9.90 Å². The summed E-state index contributed by atoms with van der Waals surface area (Å²) in [4.78, 5) is 11.3. The number of phenolic OH excluding ortho intramolecular Hbond substituents is 1. The molecule has 1 amide bonds. The highest BCUT2D eigenvalue weighted by Gasteiger charge is 2.05. The van der Waals surface area contributed by atoms with Crippen LogP contribution >= 0.6 is 0 Å². The van der Waals surface area contributed by atoms with Gasteiger partial charge in [0, 0.05) is 12.1 Å². The number of benzene rings is 1. The zero-order chi connectivity index (χ0) is 9.84. The minimum Gasteiger partial charge on any atom is -0.508 e. The maximum absolute atomic E-state index is 11.3. The molecule has 0 fully saturated rings. The van der Waals surface area contributed by atoms with Crippen molar-refractivity contribution in [3.63, 3.8) is 0 Å². The number of aryl methyl sites for hydroxylation is 1. The number of phenols is 1. The lowest BCUT2D eigenvalue weighted by Crippen LogP contribution is -2.22. The Labute approximate surface area is 77.4 Å². The third kappa shape index (κ3) is 2.21. The van der Waals surface area contributed by atoms with Gasteiger partial charge in [-0.15, -0.1) is 0 Å². The van der Waals surface area contributed by atoms with Gasteiger partial charge in [0.25, 0.3) is 5.91 Å². The van der Waals surface area contributed by atoms with E-state index >= 15 is 0 Å². The van der Waals surface area contributed by atoms with E-state index in [1.165, 1.54) is 6.07 Å². The van der Waals surface area contributed by atoms with E-state index in [1.807, 2.05) is 6.92 Å². The van der Waals surface area contributed by atoms with Crippen molar-refractivity contribution >= 4 is 5.91 Å². The third-order valence-electron chi connectivity index (χ3n) is 1.81. The summed E-state index contributed by atoms with van der Waals surface area (Å²) in [5, 5.41) is 12.0. The summed E-state index contributed by atoms with van der Waals surface area (Å²) >= 11 is 0. The molecule has 0 bridgehead atoms. The van der Waals surface area contributed by atoms with Crippen molar-refractivity contribution in [3.05, 3.63) is 29.3 Å². The molecule has 70 valence electrons. The maximum Gasteiger partial charge on any atom is 0.251 e. The lowest BCUT2D eigenvalue weighted by atomic mass is 10.1. The highest BCUT2D eigenvalue weighted by Crippen LogP contribution is 2.16. The predicted octanol–water partition coefficient (Wildman–Crippen LogP) is 1.45. The molecule has 0 aliphatic heterocycles. The van der Waals surface area contributed by atoms with E-state index in [1.54, 1.807) is 19.1 Å². The summed E-state index contributed by atoms with van der Waals surface area (Å²) in [5.74, 6) is 0.00144. The maximum atomic E-state index is 11.3. The number of nitrogens with one attached hydrogen (secondary N) is 1. The quantitative estimate of drug-likeness (QED) is 0.722. The van der Waals surface area contributed by atoms with E-state index in [0.29, 0.717) is 12.1 Å². The molecule has 13 heavy (non-hydrogen) atoms. The second-order valence-corrected chi connectivity index (χ2v) is 2.86. The summed E-state index contributed by atoms with van der Waals surface area (Å²) in [6.07, 6.45) is 0. The number of rotatable bonds is 2. The summed E-state index contributed by atoms with van der Waals surface area (Å²) in [6, 6.07) is 4.89. The van der Waals surface area contributed by atoms with Gasteiger partial charge in [0.2, 0.25) is 0 Å². The molecule has 0 saturated carbocycles. The normalized spacial score (nSPS) is 9.69. The molecule has 0 unspecified atom stereocenters. The fourth-order valence-corrected chi connectivity index (χ4v) is 1.01. The molecule has 0 spiro atoms. The van der Waals surface area contributed by atoms with Crippen LogP contribution in [0.4, 0.5) is 0 Å². The molecule has 1 aromatic carbocycles. The Hall–Kier alpha value is -1.51. The van der Waals surface area contributed by atoms with Gasteiger partial charge in [0.1, 0.15) is 5.75 Å². The molecule has 0 heterocycles. The number of hydrogen-bond donors (Lipinski definition) is 2. The van der Waals surface area contributed by atoms with Gasteiger partial charge in [-0.25, -0.2) is 0 Å². The van der Waals surface area contributed by atoms with E-state index in [4.69, 9.17) is 0 Å². The molecule has 3 heteroatoms. The van der Waals surface area contributed by atoms with E-state index in [-0.39, 0.29) is 11.7 Å². The van der Waals surface area contributed by atoms with Gasteiger partial charge in [0.05, 0.1) is 0 Å². The van der Waals surface area contributed by atoms with Crippen LogP contribution in [-0.2, 0) is 0 Å². The zero-order valence-electron chi connectivity index (χ0n) is 7.79. The van der Waals surface area contributed by atoms with Crippen LogP contribution in [0, 0.1) is 6.92 Å². The van der Waals surface area contributed by atoms with Crippen LogP contribution in [-0.4, -0.2) is 17.6 Å². The molecule has 0 aromatic heterocycles. The number of carbonyl (C=O) groups is 1. The molecule has 3 nitrogen and oxygen atoms in total. The van der Waals surface area contributed by atoms with Gasteiger partial charge in [-0.3, -0.25) is 4.79 Å². The molecule has 0 aliphatic rings. The molecule has 0 aliphatic carbocycles. The standard InChI is InChI=1S/C10H13NO2/c1-3-11-10(13)8-5-4-7(2)9(12)6-8/h4-6,12H,3H2,1-2H3,(H,11,13). The lowest BCUT2D eigenvalue weighted by Gasteiger charge is -2.03. The number of amides is 1. The zero-order valence-corrected chi connectivity index (χ0v) is 7.79. The Kier molecular flexibility index (Phi) is 2.90. The molecule has 1 aromatic rings. The predicted molar refractivity (Wildman–Crippen MR) is 50.9 cm³/mol. The van der Waals surface area contributed by atoms with Crippen molar-refractivity contribution in [2.24, 2.45) is 0 Å². The molecule has 0 saturated heterocycles. The monoisotopic (exact) mass is 179 g/mol. The lowest BCUT2D eigenvalue weighted by molar-refractivity contribution is 0.0955. The van der Waals surface area contributed by atoms with Gasteiger partial charge < -0.3 is 10.4 Å². The fourth-order valence-electron chi connectivity index (χ4n) is 1.01. The minimum atomic E-state index is -0.155. The first-order chi connectivity index (χ1) is 6.15. The number of aromatic hydroxyl groups is 1. The molecule has 1 rings (SSSR count). The molecular weight excluding hydrogens is 166 g/mol. The first-order valence-electron chi connectivity index (χ1n) is 4.23. The third-order valence-corrected chi connectivity index (χ3v) is 1.81. The van der Waals surface area contributed by atoms with Gasteiger partial charge in [-0.1, -0.05) is 6.07 Å². The van der Waals surface area contributed by atoms with Crippen molar-refractivity contribution in [1.82, 2.24) is 5.32 Å². The van der Waals surface area contributed by atoms with Crippen molar-refractivity contribution < 1.29 is 9.90 Å². The van der Waals surface area contributed by atoms with Gasteiger partial charge in [-0.2, -0.15) is 0 Å². The largest absolute Gasteiger partial charge is 0.508 e. The van der Waals surface area contributed by atoms with Crippen molar-refractivity contribution in [2.45, 2.75) is 13.8 Å². The van der Waals surface area contributed by atoms with Crippen LogP contribution < -0.4 is 5.32 Å². The molecule has 0 radical (unpaired) electrons. The molecule has 0 atom stereocenters. The Morgan fingerprint density at radius 1 is 1.54 bits per heavy atom. The molecule has 2 N–H and O–H groups in total. The van der Waals surface area contributed by atoms with Crippen molar-refractivity contribution in [2.75, 3.05) is 6.54 Å². The summed E-state index contributed by atoms with van der Waals surface area (Å²) in [7, 11) is 0. The van der Waals surface area contributed by atoms with E-state index in [0.717, 1.165) is 5.56 Å². The highest BCUT2D eigenvalue weighted by molar-refractivity contribution is 5.94. The average Bonchev–Trinajstić information content (AvgIpc) is 2.10. The second kappa shape index (κ2) is 3.94. The van der Waals surface area contributed by atoms with E-state index < -0.39 is 0 Å². The number of hydrogen-bond acceptors (Lipinski definition) is 2. The van der Waals surface area contributed by atoms with Crippen molar-refractivity contribution in [3.8, 4) is 5.75 Å². The summed E-state index contributed by atoms with van der Waals surface area (Å²) < 4.78 is 0. The van der Waals surface area contributed by atoms with Crippen LogP contribution in [0.2, 0.25) is 0 Å². The first kappa shape index (κ1) is 9.58. The van der Waals surface area contributed by atoms with Crippen molar-refractivity contribution in [1.29, 1.82) is 0 Å². The topological polar surface area (TPSA) is 49.3 Å². The average molecular weight is 179 g/mol. The Balaban J connectivity index is 2.90. The van der Waals surface area contributed by atoms with Gasteiger partial charge in [0.15, 0.2) is 0 Å². The molecular formula is C10H13NO2. The second-order valence-electron chi connectivity index (χ2n) is 2.86. The van der Waals surface area contributed by atoms with E-state index in [2.05, 4.69) is 5.32 Å². The Bertz CT molecular complexity index is 321. The highest BCUT2D eigenvalue weighted by atomic mass is 16.3. The minimum absolute atomic E-state index is 0.155. The summed E-state index contributed by atoms with van der Waals surface area (Å²) in [6.45, 7) is 4.23. The smallest absolute Gasteiger partial charge is 0.251 e. The Morgan fingerprint density at radius 2 is 2.23 bits per heavy atom. The first-order valence-corrected chi connectivity index (χ1v) is 4.23. The van der Waals surface area contributed by atoms with Crippen LogP contribution in [0.15, 0.2) is 18.2 Å². The van der Waals surface area contributed by atoms with Crippen LogP contribution in [0.3, 0.4) is 0 Å². The number of carbonyl (C=O) groups excluding carboxylic acids is 1. The summed E-state index contributed by atoms with van der Waals surface area (Å²) in [5.41, 5.74) is 1.26. The van der Waals surface area contributed by atoms with Crippen LogP contribution in [0.25, 0.3) is 0 Å².